The number of hydrogen-bond donors (Lipinski definition) is 1. The third kappa shape index (κ3) is 2.93. The van der Waals surface area contributed by atoms with Gasteiger partial charge in [-0.1, -0.05) is 11.6 Å². The van der Waals surface area contributed by atoms with Gasteiger partial charge >= 0.3 is 6.09 Å². The number of pyridine rings is 1. The third-order valence-electron chi connectivity index (χ3n) is 5.15. The summed E-state index contributed by atoms with van der Waals surface area (Å²) in [6, 6.07) is 2.23. The maximum Gasteiger partial charge on any atom is 0.407 e. The fourth-order valence-electron chi connectivity index (χ4n) is 3.77. The molecule has 4 rings (SSSR count). The number of fused-ring (bicyclic) bond motifs is 3. The second kappa shape index (κ2) is 6.08. The van der Waals surface area contributed by atoms with E-state index in [4.69, 9.17) is 21.3 Å². The predicted molar refractivity (Wildman–Crippen MR) is 90.7 cm³/mol. The van der Waals surface area contributed by atoms with E-state index in [2.05, 4.69) is 11.8 Å². The fraction of sp³-hybridized carbons (Fsp3) is 0.647. The standard InChI is InChI=1S/C17H22ClN3O3/c1-10-6-20(17(22)23)7-13-4-12-5-14(18)15(19-16(12)21(10)13)9-24-8-11-2-3-11/h5,10-11,13H,2-4,6-9H2,1H3,(H,22,23)/t10-,13-/m1/s1. The minimum Gasteiger partial charge on any atom is -0.465 e. The molecular weight excluding hydrogens is 330 g/mol. The maximum absolute atomic E-state index is 11.3. The van der Waals surface area contributed by atoms with Crippen molar-refractivity contribution in [2.24, 2.45) is 5.92 Å². The molecule has 1 saturated carbocycles. The number of rotatable bonds is 4. The van der Waals surface area contributed by atoms with E-state index in [-0.39, 0.29) is 12.1 Å². The predicted octanol–water partition coefficient (Wildman–Crippen LogP) is 2.77. The van der Waals surface area contributed by atoms with Gasteiger partial charge in [-0.2, -0.15) is 0 Å². The van der Waals surface area contributed by atoms with Gasteiger partial charge in [0.1, 0.15) is 5.82 Å². The summed E-state index contributed by atoms with van der Waals surface area (Å²) in [5.41, 5.74) is 1.89. The molecule has 0 aromatic carbocycles. The highest BCUT2D eigenvalue weighted by molar-refractivity contribution is 6.31. The Bertz CT molecular complexity index is 665. The molecule has 0 bridgehead atoms. The molecule has 1 aliphatic carbocycles. The molecule has 3 aliphatic rings. The molecule has 0 unspecified atom stereocenters. The van der Waals surface area contributed by atoms with Gasteiger partial charge in [-0.05, 0) is 43.7 Å². The Kier molecular flexibility index (Phi) is 4.04. The lowest BCUT2D eigenvalue weighted by atomic mass is 10.1. The summed E-state index contributed by atoms with van der Waals surface area (Å²) in [6.07, 6.45) is 2.47. The highest BCUT2D eigenvalue weighted by Gasteiger charge is 2.40. The smallest absolute Gasteiger partial charge is 0.407 e. The van der Waals surface area contributed by atoms with E-state index in [1.165, 1.54) is 17.7 Å². The average Bonchev–Trinajstić information content (AvgIpc) is 3.27. The molecule has 130 valence electrons. The zero-order chi connectivity index (χ0) is 16.8. The van der Waals surface area contributed by atoms with Gasteiger partial charge in [-0.3, -0.25) is 0 Å². The molecule has 2 fully saturated rings. The monoisotopic (exact) mass is 351 g/mol. The topological polar surface area (TPSA) is 65.9 Å². The number of ether oxygens (including phenoxy) is 1. The summed E-state index contributed by atoms with van der Waals surface area (Å²) in [6.45, 7) is 4.29. The Morgan fingerprint density at radius 3 is 2.96 bits per heavy atom. The van der Waals surface area contributed by atoms with Crippen molar-refractivity contribution in [1.29, 1.82) is 0 Å². The van der Waals surface area contributed by atoms with E-state index < -0.39 is 6.09 Å². The summed E-state index contributed by atoms with van der Waals surface area (Å²) < 4.78 is 5.74. The van der Waals surface area contributed by atoms with Crippen molar-refractivity contribution >= 4 is 23.5 Å². The molecule has 1 aromatic rings. The molecule has 0 radical (unpaired) electrons. The van der Waals surface area contributed by atoms with Crippen LogP contribution in [0, 0.1) is 5.92 Å². The van der Waals surface area contributed by atoms with Crippen molar-refractivity contribution in [3.8, 4) is 0 Å². The number of nitrogens with zero attached hydrogens (tertiary/aromatic N) is 3. The Labute approximate surface area is 146 Å². The van der Waals surface area contributed by atoms with Crippen LogP contribution < -0.4 is 4.90 Å². The maximum atomic E-state index is 11.3. The number of amides is 1. The quantitative estimate of drug-likeness (QED) is 0.903. The number of aromatic nitrogens is 1. The van der Waals surface area contributed by atoms with Gasteiger partial charge in [0.2, 0.25) is 0 Å². The Hall–Kier alpha value is -1.53. The fourth-order valence-corrected chi connectivity index (χ4v) is 4.00. The van der Waals surface area contributed by atoms with Gasteiger partial charge in [0.05, 0.1) is 23.4 Å². The van der Waals surface area contributed by atoms with Crippen molar-refractivity contribution < 1.29 is 14.6 Å². The molecule has 0 spiro atoms. The molecule has 1 saturated heterocycles. The van der Waals surface area contributed by atoms with Crippen LogP contribution in [0.4, 0.5) is 10.6 Å². The van der Waals surface area contributed by atoms with Crippen LogP contribution in [0.5, 0.6) is 0 Å². The Morgan fingerprint density at radius 2 is 2.25 bits per heavy atom. The SMILES string of the molecule is C[C@@H]1CN(C(=O)O)C[C@H]2Cc3cc(Cl)c(COCC4CC4)nc3N21. The van der Waals surface area contributed by atoms with Gasteiger partial charge in [0, 0.05) is 25.7 Å². The van der Waals surface area contributed by atoms with Crippen LogP contribution in [-0.2, 0) is 17.8 Å². The Balaban J connectivity index is 1.53. The van der Waals surface area contributed by atoms with E-state index in [1.807, 2.05) is 6.07 Å². The zero-order valence-electron chi connectivity index (χ0n) is 13.7. The number of piperazine rings is 1. The lowest BCUT2D eigenvalue weighted by molar-refractivity contribution is 0.109. The minimum atomic E-state index is -0.849. The molecule has 1 amide bonds. The second-order valence-corrected chi connectivity index (χ2v) is 7.57. The highest BCUT2D eigenvalue weighted by atomic mass is 35.5. The van der Waals surface area contributed by atoms with Gasteiger partial charge < -0.3 is 19.6 Å². The summed E-state index contributed by atoms with van der Waals surface area (Å²) >= 11 is 6.39. The summed E-state index contributed by atoms with van der Waals surface area (Å²) in [5.74, 6) is 1.67. The van der Waals surface area contributed by atoms with Crippen LogP contribution in [0.15, 0.2) is 6.07 Å². The van der Waals surface area contributed by atoms with Gasteiger partial charge in [0.25, 0.3) is 0 Å². The van der Waals surface area contributed by atoms with Crippen molar-refractivity contribution in [3.05, 3.63) is 22.3 Å². The number of anilines is 1. The Morgan fingerprint density at radius 1 is 1.46 bits per heavy atom. The molecule has 1 aromatic heterocycles. The first-order chi connectivity index (χ1) is 11.5. The van der Waals surface area contributed by atoms with Gasteiger partial charge in [-0.15, -0.1) is 0 Å². The summed E-state index contributed by atoms with van der Waals surface area (Å²) in [4.78, 5) is 19.8. The molecule has 3 heterocycles. The lowest BCUT2D eigenvalue weighted by Crippen LogP contribution is -2.58. The number of hydrogen-bond acceptors (Lipinski definition) is 4. The van der Waals surface area contributed by atoms with Crippen molar-refractivity contribution in [3.63, 3.8) is 0 Å². The normalized spacial score (nSPS) is 25.6. The van der Waals surface area contributed by atoms with Crippen LogP contribution in [-0.4, -0.2) is 52.9 Å². The second-order valence-electron chi connectivity index (χ2n) is 7.16. The van der Waals surface area contributed by atoms with Gasteiger partial charge in [-0.25, -0.2) is 9.78 Å². The van der Waals surface area contributed by atoms with E-state index in [9.17, 15) is 9.90 Å². The molecular formula is C17H22ClN3O3. The molecule has 2 aliphatic heterocycles. The van der Waals surface area contributed by atoms with Crippen LogP contribution in [0.3, 0.4) is 0 Å². The zero-order valence-corrected chi connectivity index (χ0v) is 14.5. The minimum absolute atomic E-state index is 0.106. The molecule has 1 N–H and O–H groups in total. The van der Waals surface area contributed by atoms with Crippen molar-refractivity contribution in [2.75, 3.05) is 24.6 Å². The number of carbonyl (C=O) groups is 1. The van der Waals surface area contributed by atoms with E-state index >= 15 is 0 Å². The first kappa shape index (κ1) is 16.0. The molecule has 2 atom stereocenters. The van der Waals surface area contributed by atoms with Crippen LogP contribution in [0.1, 0.15) is 31.0 Å². The van der Waals surface area contributed by atoms with Crippen molar-refractivity contribution in [2.45, 2.75) is 44.9 Å². The van der Waals surface area contributed by atoms with Gasteiger partial charge in [0.15, 0.2) is 0 Å². The summed E-state index contributed by atoms with van der Waals surface area (Å²) in [7, 11) is 0. The largest absolute Gasteiger partial charge is 0.465 e. The highest BCUT2D eigenvalue weighted by Crippen LogP contribution is 2.37. The van der Waals surface area contributed by atoms with E-state index in [0.717, 1.165) is 30.1 Å². The van der Waals surface area contributed by atoms with E-state index in [0.29, 0.717) is 30.6 Å². The molecule has 6 nitrogen and oxygen atoms in total. The first-order valence-corrected chi connectivity index (χ1v) is 8.93. The summed E-state index contributed by atoms with van der Waals surface area (Å²) in [5, 5.41) is 9.93. The number of halogens is 1. The van der Waals surface area contributed by atoms with Crippen LogP contribution >= 0.6 is 11.6 Å². The lowest BCUT2D eigenvalue weighted by Gasteiger charge is -2.42. The van der Waals surface area contributed by atoms with E-state index in [1.54, 1.807) is 0 Å². The van der Waals surface area contributed by atoms with Crippen LogP contribution in [0.25, 0.3) is 0 Å². The van der Waals surface area contributed by atoms with Crippen molar-refractivity contribution in [1.82, 2.24) is 9.88 Å². The first-order valence-electron chi connectivity index (χ1n) is 8.55. The van der Waals surface area contributed by atoms with Crippen LogP contribution in [0.2, 0.25) is 5.02 Å². The molecule has 24 heavy (non-hydrogen) atoms. The third-order valence-corrected chi connectivity index (χ3v) is 5.48. The number of carboxylic acid groups (broad SMARTS) is 1. The molecule has 7 heteroatoms. The average molecular weight is 352 g/mol.